The maximum absolute atomic E-state index is 3.67. The van der Waals surface area contributed by atoms with Crippen LogP contribution in [0.15, 0.2) is 170 Å². The molecule has 0 saturated heterocycles. The summed E-state index contributed by atoms with van der Waals surface area (Å²) >= 11 is 0. The van der Waals surface area contributed by atoms with E-state index in [-0.39, 0.29) is 0 Å². The van der Waals surface area contributed by atoms with Crippen molar-refractivity contribution in [3.63, 3.8) is 0 Å². The first-order valence-corrected chi connectivity index (χ1v) is 21.8. The average molecular weight is 785 g/mol. The van der Waals surface area contributed by atoms with Crippen LogP contribution in [-0.2, 0) is 0 Å². The zero-order valence-electron chi connectivity index (χ0n) is 34.2. The third kappa shape index (κ3) is 3.72. The number of nitrogens with one attached hydrogen (secondary N) is 2. The Balaban J connectivity index is 1.20. The molecule has 15 rings (SSSR count). The van der Waals surface area contributed by atoms with Crippen molar-refractivity contribution in [2.45, 2.75) is 0 Å². The molecule has 0 spiro atoms. The Bertz CT molecular complexity index is 4000. The van der Waals surface area contributed by atoms with E-state index < -0.39 is 0 Å². The molecule has 0 saturated carbocycles. The first-order valence-electron chi connectivity index (χ1n) is 21.8. The molecule has 14 aromatic rings. The van der Waals surface area contributed by atoms with Gasteiger partial charge >= 0.3 is 0 Å². The lowest BCUT2D eigenvalue weighted by atomic mass is 9.87. The SMILES string of the molecule is CNc1c2c(c(NC)c3ccccc13)-c1ccc3c4c(-c5ccccc5)c5c6ccc7c8cccc9cccc(c%10ccc(c5c(-c5ccccc5)c4c4ccc-2c1c43)c6c%107)c98. The van der Waals surface area contributed by atoms with Crippen molar-refractivity contribution in [1.29, 1.82) is 0 Å². The molecule has 0 aliphatic heterocycles. The van der Waals surface area contributed by atoms with E-state index in [1.807, 2.05) is 0 Å². The summed E-state index contributed by atoms with van der Waals surface area (Å²) in [6.07, 6.45) is 0. The Hall–Kier alpha value is -7.94. The van der Waals surface area contributed by atoms with Crippen LogP contribution in [0.25, 0.3) is 152 Å². The van der Waals surface area contributed by atoms with Crippen LogP contribution in [0.5, 0.6) is 0 Å². The van der Waals surface area contributed by atoms with Gasteiger partial charge in [0, 0.05) is 36.0 Å². The molecule has 0 amide bonds. The molecule has 14 aromatic carbocycles. The normalized spacial score (nSPS) is 12.7. The zero-order valence-corrected chi connectivity index (χ0v) is 34.2. The van der Waals surface area contributed by atoms with Crippen LogP contribution in [0, 0.1) is 0 Å². The van der Waals surface area contributed by atoms with E-state index in [1.54, 1.807) is 0 Å². The van der Waals surface area contributed by atoms with Crippen LogP contribution in [0.1, 0.15) is 0 Å². The summed E-state index contributed by atoms with van der Waals surface area (Å²) in [7, 11) is 4.14. The molecule has 286 valence electrons. The van der Waals surface area contributed by atoms with Gasteiger partial charge in [-0.1, -0.05) is 170 Å². The van der Waals surface area contributed by atoms with Gasteiger partial charge in [-0.15, -0.1) is 0 Å². The monoisotopic (exact) mass is 784 g/mol. The topological polar surface area (TPSA) is 24.1 Å². The quantitative estimate of drug-likeness (QED) is 0.106. The average Bonchev–Trinajstić information content (AvgIpc) is 3.97. The summed E-state index contributed by atoms with van der Waals surface area (Å²) in [5.74, 6) is 0. The van der Waals surface area contributed by atoms with E-state index in [1.165, 1.54) is 164 Å². The Kier molecular flexibility index (Phi) is 6.07. The van der Waals surface area contributed by atoms with E-state index in [2.05, 4.69) is 195 Å². The number of fused-ring (bicyclic) bond motifs is 12. The Labute approximate surface area is 356 Å². The summed E-state index contributed by atoms with van der Waals surface area (Å²) in [6, 6.07) is 64.3. The molecule has 2 nitrogen and oxygen atoms in total. The maximum Gasteiger partial charge on any atom is 0.0505 e. The molecule has 0 unspecified atom stereocenters. The standard InChI is InChI=1S/C60H36N2/c1-61-59-38-19-9-10-20-39(38)60(62-2)58-45-30-28-43-51-42(27-29-44(52(45)51)57(58)59)55-47(32-13-5-3-6-14-32)53-40-25-23-36-34-21-11-17-31-18-12-22-35(46(31)34)37-24-26-41(50(40)49(36)37)54(53)48(56(43)55)33-15-7-4-8-16-33/h3-30,61-62H,1-2H3. The predicted molar refractivity (Wildman–Crippen MR) is 269 cm³/mol. The Morgan fingerprint density at radius 2 is 0.597 bits per heavy atom. The predicted octanol–water partition coefficient (Wildman–Crippen LogP) is 16.6. The second-order valence-electron chi connectivity index (χ2n) is 17.4. The Morgan fingerprint density at radius 1 is 0.242 bits per heavy atom. The summed E-state index contributed by atoms with van der Waals surface area (Å²) in [6.45, 7) is 0. The molecule has 0 aromatic heterocycles. The van der Waals surface area contributed by atoms with Crippen molar-refractivity contribution in [3.05, 3.63) is 170 Å². The minimum Gasteiger partial charge on any atom is -0.387 e. The Morgan fingerprint density at radius 3 is 1.05 bits per heavy atom. The second kappa shape index (κ2) is 11.5. The molecule has 0 heterocycles. The van der Waals surface area contributed by atoms with Gasteiger partial charge in [0.25, 0.3) is 0 Å². The molecule has 0 bridgehead atoms. The van der Waals surface area contributed by atoms with Crippen LogP contribution < -0.4 is 10.6 Å². The highest BCUT2D eigenvalue weighted by Gasteiger charge is 2.34. The third-order valence-corrected chi connectivity index (χ3v) is 14.8. The molecule has 0 radical (unpaired) electrons. The van der Waals surface area contributed by atoms with Gasteiger partial charge in [0.2, 0.25) is 0 Å². The van der Waals surface area contributed by atoms with E-state index in [9.17, 15) is 0 Å². The smallest absolute Gasteiger partial charge is 0.0505 e. The highest BCUT2D eigenvalue weighted by Crippen LogP contribution is 2.62. The van der Waals surface area contributed by atoms with Crippen LogP contribution >= 0.6 is 0 Å². The van der Waals surface area contributed by atoms with E-state index in [0.717, 1.165) is 0 Å². The van der Waals surface area contributed by atoms with Crippen molar-refractivity contribution in [2.75, 3.05) is 24.7 Å². The summed E-state index contributed by atoms with van der Waals surface area (Å²) < 4.78 is 0. The van der Waals surface area contributed by atoms with Gasteiger partial charge in [0.15, 0.2) is 0 Å². The molecule has 0 fully saturated rings. The number of hydrogen-bond acceptors (Lipinski definition) is 2. The second-order valence-corrected chi connectivity index (χ2v) is 17.4. The highest BCUT2D eigenvalue weighted by atomic mass is 14.9. The molecular weight excluding hydrogens is 749 g/mol. The molecule has 62 heavy (non-hydrogen) atoms. The van der Waals surface area contributed by atoms with Crippen molar-refractivity contribution in [1.82, 2.24) is 0 Å². The first-order chi connectivity index (χ1) is 30.7. The molecule has 1 aliphatic rings. The molecule has 1 aliphatic carbocycles. The maximum atomic E-state index is 3.67. The fraction of sp³-hybridized carbons (Fsp3) is 0.0333. The van der Waals surface area contributed by atoms with Gasteiger partial charge < -0.3 is 10.6 Å². The molecule has 2 heteroatoms. The molecule has 0 atom stereocenters. The summed E-state index contributed by atoms with van der Waals surface area (Å²) in [4.78, 5) is 0. The fourth-order valence-corrected chi connectivity index (χ4v) is 12.6. The van der Waals surface area contributed by atoms with Gasteiger partial charge in [0.1, 0.15) is 0 Å². The van der Waals surface area contributed by atoms with Crippen LogP contribution in [0.3, 0.4) is 0 Å². The van der Waals surface area contributed by atoms with Crippen molar-refractivity contribution in [2.24, 2.45) is 0 Å². The van der Waals surface area contributed by atoms with Crippen LogP contribution in [0.4, 0.5) is 11.4 Å². The molecule has 2 N–H and O–H groups in total. The lowest BCUT2D eigenvalue weighted by molar-refractivity contribution is 1.51. The minimum absolute atomic E-state index is 1.18. The summed E-state index contributed by atoms with van der Waals surface area (Å²) in [5, 5.41) is 33.8. The molecular formula is C60H36N2. The lowest BCUT2D eigenvalue weighted by Gasteiger charge is -2.19. The van der Waals surface area contributed by atoms with Gasteiger partial charge in [-0.3, -0.25) is 0 Å². The van der Waals surface area contributed by atoms with Gasteiger partial charge in [0.05, 0.1) is 11.4 Å². The minimum atomic E-state index is 1.18. The zero-order chi connectivity index (χ0) is 40.5. The number of anilines is 2. The third-order valence-electron chi connectivity index (χ3n) is 14.8. The van der Waals surface area contributed by atoms with Gasteiger partial charge in [-0.2, -0.15) is 0 Å². The largest absolute Gasteiger partial charge is 0.387 e. The lowest BCUT2D eigenvalue weighted by Crippen LogP contribution is -1.99. The first kappa shape index (κ1) is 32.9. The number of rotatable bonds is 4. The number of hydrogen-bond donors (Lipinski definition) is 2. The van der Waals surface area contributed by atoms with E-state index >= 15 is 0 Å². The van der Waals surface area contributed by atoms with E-state index in [0.29, 0.717) is 0 Å². The van der Waals surface area contributed by atoms with E-state index in [4.69, 9.17) is 0 Å². The number of benzene rings is 12. The van der Waals surface area contributed by atoms with Crippen molar-refractivity contribution >= 4 is 119 Å². The highest BCUT2D eigenvalue weighted by molar-refractivity contribution is 6.50. The van der Waals surface area contributed by atoms with Crippen LogP contribution in [0.2, 0.25) is 0 Å². The van der Waals surface area contributed by atoms with Crippen molar-refractivity contribution in [3.8, 4) is 44.5 Å². The van der Waals surface area contributed by atoms with Gasteiger partial charge in [-0.05, 0) is 130 Å². The van der Waals surface area contributed by atoms with Crippen molar-refractivity contribution < 1.29 is 0 Å². The van der Waals surface area contributed by atoms with Gasteiger partial charge in [-0.25, -0.2) is 0 Å². The van der Waals surface area contributed by atoms with Crippen LogP contribution in [-0.4, -0.2) is 14.1 Å². The fourth-order valence-electron chi connectivity index (χ4n) is 12.6. The summed E-state index contributed by atoms with van der Waals surface area (Å²) in [5.41, 5.74) is 12.7.